The molecule has 1 saturated heterocycles. The maximum absolute atomic E-state index is 11.4. The summed E-state index contributed by atoms with van der Waals surface area (Å²) in [5, 5.41) is 2.67. The molecule has 1 N–H and O–H groups in total. The van der Waals surface area contributed by atoms with E-state index in [1.807, 2.05) is 18.2 Å². The summed E-state index contributed by atoms with van der Waals surface area (Å²) in [6.45, 7) is 3.81. The summed E-state index contributed by atoms with van der Waals surface area (Å²) < 4.78 is 5.20. The molecule has 1 aromatic rings. The molecule has 0 aliphatic carbocycles. The summed E-state index contributed by atoms with van der Waals surface area (Å²) in [6.07, 6.45) is 1.62. The summed E-state index contributed by atoms with van der Waals surface area (Å²) >= 11 is 0. The molecule has 1 amide bonds. The summed E-state index contributed by atoms with van der Waals surface area (Å²) in [7, 11) is 0. The molecule has 1 unspecified atom stereocenters. The van der Waals surface area contributed by atoms with Crippen molar-refractivity contribution >= 4 is 17.6 Å². The van der Waals surface area contributed by atoms with Crippen molar-refractivity contribution in [1.82, 2.24) is 5.32 Å². The van der Waals surface area contributed by atoms with Gasteiger partial charge in [0.05, 0.1) is 13.1 Å². The van der Waals surface area contributed by atoms with E-state index in [-0.39, 0.29) is 18.0 Å². The lowest BCUT2D eigenvalue weighted by atomic mass is 9.98. The van der Waals surface area contributed by atoms with Gasteiger partial charge in [-0.1, -0.05) is 0 Å². The zero-order valence-corrected chi connectivity index (χ0v) is 11.5. The van der Waals surface area contributed by atoms with Gasteiger partial charge in [-0.3, -0.25) is 4.79 Å². The maximum atomic E-state index is 11.4. The lowest BCUT2D eigenvalue weighted by Crippen LogP contribution is -2.37. The van der Waals surface area contributed by atoms with Crippen molar-refractivity contribution in [3.63, 3.8) is 0 Å². The quantitative estimate of drug-likeness (QED) is 0.853. The standard InChI is InChI=1S/C15H18N2O3/c1-10(18)11-4-5-14-12(7-11)3-2-6-17(14)9-13-8-16-15(19)20-13/h4-5,7,13H,2-3,6,8-9H2,1H3,(H,16,19). The van der Waals surface area contributed by atoms with E-state index in [0.717, 1.165) is 30.6 Å². The Bertz CT molecular complexity index is 556. The molecule has 5 nitrogen and oxygen atoms in total. The predicted octanol–water partition coefficient (Wildman–Crippen LogP) is 1.75. The minimum absolute atomic E-state index is 0.0962. The van der Waals surface area contributed by atoms with Gasteiger partial charge in [0.25, 0.3) is 0 Å². The van der Waals surface area contributed by atoms with Crippen molar-refractivity contribution in [2.75, 3.05) is 24.5 Å². The van der Waals surface area contributed by atoms with Crippen molar-refractivity contribution in [3.8, 4) is 0 Å². The lowest BCUT2D eigenvalue weighted by Gasteiger charge is -2.32. The number of ketones is 1. The summed E-state index contributed by atoms with van der Waals surface area (Å²) in [5.74, 6) is 0.0962. The zero-order valence-electron chi connectivity index (χ0n) is 11.5. The average molecular weight is 274 g/mol. The molecule has 2 heterocycles. The van der Waals surface area contributed by atoms with Gasteiger partial charge in [0.2, 0.25) is 0 Å². The molecule has 0 spiro atoms. The molecule has 1 aromatic carbocycles. The number of alkyl carbamates (subject to hydrolysis) is 1. The molecule has 20 heavy (non-hydrogen) atoms. The molecule has 1 atom stereocenters. The van der Waals surface area contributed by atoms with E-state index in [0.29, 0.717) is 13.1 Å². The highest BCUT2D eigenvalue weighted by molar-refractivity contribution is 5.94. The molecule has 2 aliphatic heterocycles. The van der Waals surface area contributed by atoms with Crippen LogP contribution < -0.4 is 10.2 Å². The van der Waals surface area contributed by atoms with Gasteiger partial charge in [-0.05, 0) is 43.5 Å². The van der Waals surface area contributed by atoms with Gasteiger partial charge >= 0.3 is 6.09 Å². The second kappa shape index (κ2) is 5.15. The van der Waals surface area contributed by atoms with Crippen LogP contribution in [0.2, 0.25) is 0 Å². The number of hydrogen-bond donors (Lipinski definition) is 1. The Morgan fingerprint density at radius 3 is 3.05 bits per heavy atom. The topological polar surface area (TPSA) is 58.6 Å². The van der Waals surface area contributed by atoms with E-state index in [2.05, 4.69) is 10.2 Å². The fraction of sp³-hybridized carbons (Fsp3) is 0.467. The first kappa shape index (κ1) is 13.0. The molecule has 0 bridgehead atoms. The van der Waals surface area contributed by atoms with Gasteiger partial charge in [0, 0.05) is 17.8 Å². The second-order valence-electron chi connectivity index (χ2n) is 5.36. The van der Waals surface area contributed by atoms with Gasteiger partial charge in [-0.2, -0.15) is 0 Å². The molecule has 0 radical (unpaired) electrons. The van der Waals surface area contributed by atoms with Crippen LogP contribution in [0.1, 0.15) is 29.3 Å². The lowest BCUT2D eigenvalue weighted by molar-refractivity contribution is 0.101. The van der Waals surface area contributed by atoms with Crippen LogP contribution in [0.3, 0.4) is 0 Å². The number of ether oxygens (including phenoxy) is 1. The number of carbonyl (C=O) groups excluding carboxylic acids is 2. The highest BCUT2D eigenvalue weighted by Crippen LogP contribution is 2.28. The van der Waals surface area contributed by atoms with Gasteiger partial charge in [0.1, 0.15) is 6.10 Å². The van der Waals surface area contributed by atoms with Crippen molar-refractivity contribution in [3.05, 3.63) is 29.3 Å². The Morgan fingerprint density at radius 1 is 1.50 bits per heavy atom. The number of amides is 1. The van der Waals surface area contributed by atoms with Crippen LogP contribution in [0.5, 0.6) is 0 Å². The Balaban J connectivity index is 1.79. The molecular weight excluding hydrogens is 256 g/mol. The van der Waals surface area contributed by atoms with Gasteiger partial charge in [-0.25, -0.2) is 4.79 Å². The second-order valence-corrected chi connectivity index (χ2v) is 5.36. The Labute approximate surface area is 117 Å². The van der Waals surface area contributed by atoms with Crippen molar-refractivity contribution in [2.24, 2.45) is 0 Å². The molecule has 5 heteroatoms. The average Bonchev–Trinajstić information content (AvgIpc) is 2.84. The van der Waals surface area contributed by atoms with Crippen molar-refractivity contribution in [1.29, 1.82) is 0 Å². The highest BCUT2D eigenvalue weighted by Gasteiger charge is 2.27. The fourth-order valence-corrected chi connectivity index (χ4v) is 2.86. The van der Waals surface area contributed by atoms with Gasteiger partial charge in [0.15, 0.2) is 5.78 Å². The number of aryl methyl sites for hydroxylation is 1. The molecular formula is C15H18N2O3. The van der Waals surface area contributed by atoms with Crippen molar-refractivity contribution < 1.29 is 14.3 Å². The zero-order chi connectivity index (χ0) is 14.1. The number of carbonyl (C=O) groups is 2. The smallest absolute Gasteiger partial charge is 0.407 e. The van der Waals surface area contributed by atoms with Crippen molar-refractivity contribution in [2.45, 2.75) is 25.9 Å². The molecule has 2 aliphatic rings. The number of fused-ring (bicyclic) bond motifs is 1. The maximum Gasteiger partial charge on any atom is 0.407 e. The Kier molecular flexibility index (Phi) is 3.34. The number of Topliss-reactive ketones (excluding diaryl/α,β-unsaturated/α-hetero) is 1. The third-order valence-corrected chi connectivity index (χ3v) is 3.87. The number of hydrogen-bond acceptors (Lipinski definition) is 4. The predicted molar refractivity (Wildman–Crippen MR) is 75.3 cm³/mol. The fourth-order valence-electron chi connectivity index (χ4n) is 2.86. The molecule has 3 rings (SSSR count). The minimum Gasteiger partial charge on any atom is -0.442 e. The Hall–Kier alpha value is -2.04. The third-order valence-electron chi connectivity index (χ3n) is 3.87. The highest BCUT2D eigenvalue weighted by atomic mass is 16.6. The number of nitrogens with one attached hydrogen (secondary N) is 1. The number of rotatable bonds is 3. The number of benzene rings is 1. The van der Waals surface area contributed by atoms with E-state index in [4.69, 9.17) is 4.74 Å². The monoisotopic (exact) mass is 274 g/mol. The number of anilines is 1. The van der Waals surface area contributed by atoms with Gasteiger partial charge in [-0.15, -0.1) is 0 Å². The van der Waals surface area contributed by atoms with E-state index in [1.165, 1.54) is 5.56 Å². The first-order valence-electron chi connectivity index (χ1n) is 6.97. The third kappa shape index (κ3) is 2.48. The first-order valence-corrected chi connectivity index (χ1v) is 6.97. The van der Waals surface area contributed by atoms with E-state index < -0.39 is 0 Å². The summed E-state index contributed by atoms with van der Waals surface area (Å²) in [6, 6.07) is 5.87. The van der Waals surface area contributed by atoms with Crippen LogP contribution in [0.25, 0.3) is 0 Å². The normalized spacial score (nSPS) is 21.1. The minimum atomic E-state index is -0.334. The molecule has 0 saturated carbocycles. The SMILES string of the molecule is CC(=O)c1ccc2c(c1)CCCN2CC1CNC(=O)O1. The van der Waals surface area contributed by atoms with E-state index >= 15 is 0 Å². The largest absolute Gasteiger partial charge is 0.442 e. The van der Waals surface area contributed by atoms with Crippen LogP contribution in [0, 0.1) is 0 Å². The number of nitrogens with zero attached hydrogens (tertiary/aromatic N) is 1. The van der Waals surface area contributed by atoms with Crippen LogP contribution in [0.4, 0.5) is 10.5 Å². The first-order chi connectivity index (χ1) is 9.63. The summed E-state index contributed by atoms with van der Waals surface area (Å²) in [4.78, 5) is 24.8. The summed E-state index contributed by atoms with van der Waals surface area (Å²) in [5.41, 5.74) is 3.13. The van der Waals surface area contributed by atoms with E-state index in [9.17, 15) is 9.59 Å². The van der Waals surface area contributed by atoms with Crippen LogP contribution in [-0.2, 0) is 11.2 Å². The van der Waals surface area contributed by atoms with Gasteiger partial charge < -0.3 is 15.0 Å². The van der Waals surface area contributed by atoms with Crippen LogP contribution >= 0.6 is 0 Å². The van der Waals surface area contributed by atoms with Crippen LogP contribution in [0.15, 0.2) is 18.2 Å². The van der Waals surface area contributed by atoms with E-state index in [1.54, 1.807) is 6.92 Å². The van der Waals surface area contributed by atoms with Crippen LogP contribution in [-0.4, -0.2) is 37.6 Å². The Morgan fingerprint density at radius 2 is 2.35 bits per heavy atom. The number of cyclic esters (lactones) is 1. The molecule has 106 valence electrons. The molecule has 1 fully saturated rings. The molecule has 0 aromatic heterocycles.